The average Bonchev–Trinajstić information content (AvgIpc) is 2.89. The van der Waals surface area contributed by atoms with E-state index >= 15 is 0 Å². The van der Waals surface area contributed by atoms with Gasteiger partial charge in [-0.3, -0.25) is 9.69 Å². The Labute approximate surface area is 209 Å². The number of carbonyl (C=O) groups is 1. The van der Waals surface area contributed by atoms with Crippen LogP contribution >= 0.6 is 0 Å². The molecule has 0 N–H and O–H groups in total. The molecule has 2 aromatic rings. The van der Waals surface area contributed by atoms with E-state index in [0.29, 0.717) is 12.6 Å². The maximum absolute atomic E-state index is 13.2. The highest BCUT2D eigenvalue weighted by molar-refractivity contribution is 5.83. The SMILES string of the molecule is CN(C)C(CN1CCc2ccccc2C1)CN1CCN(c2cccc(N3CCOCC3)c2)CC1=O. The van der Waals surface area contributed by atoms with Gasteiger partial charge in [0.05, 0.1) is 19.8 Å². The first-order chi connectivity index (χ1) is 17.1. The number of hydrogen-bond donors (Lipinski definition) is 0. The van der Waals surface area contributed by atoms with Crippen LogP contribution in [0.3, 0.4) is 0 Å². The van der Waals surface area contributed by atoms with Crippen molar-refractivity contribution in [2.75, 3.05) is 89.5 Å². The topological polar surface area (TPSA) is 42.5 Å². The number of piperazine rings is 1. The molecule has 0 bridgehead atoms. The minimum atomic E-state index is 0.226. The molecule has 3 heterocycles. The van der Waals surface area contributed by atoms with Gasteiger partial charge in [-0.1, -0.05) is 30.3 Å². The molecule has 1 amide bonds. The molecule has 2 aromatic carbocycles. The summed E-state index contributed by atoms with van der Waals surface area (Å²) in [5.74, 6) is 0.226. The van der Waals surface area contributed by atoms with Gasteiger partial charge in [0, 0.05) is 69.8 Å². The third kappa shape index (κ3) is 5.80. The van der Waals surface area contributed by atoms with E-state index in [1.54, 1.807) is 0 Å². The minimum Gasteiger partial charge on any atom is -0.378 e. The Kier molecular flexibility index (Phi) is 7.56. The van der Waals surface area contributed by atoms with Crippen molar-refractivity contribution in [2.24, 2.45) is 0 Å². The number of carbonyl (C=O) groups excluding carboxylic acids is 1. The number of amides is 1. The Morgan fingerprint density at radius 1 is 0.829 bits per heavy atom. The van der Waals surface area contributed by atoms with Gasteiger partial charge in [-0.15, -0.1) is 0 Å². The summed E-state index contributed by atoms with van der Waals surface area (Å²) in [6.45, 7) is 9.34. The third-order valence-electron chi connectivity index (χ3n) is 7.73. The van der Waals surface area contributed by atoms with Crippen LogP contribution in [-0.2, 0) is 22.5 Å². The van der Waals surface area contributed by atoms with Gasteiger partial charge in [0.1, 0.15) is 0 Å². The Bertz CT molecular complexity index is 1010. The lowest BCUT2D eigenvalue weighted by atomic mass is 9.99. The van der Waals surface area contributed by atoms with E-state index in [1.807, 2.05) is 0 Å². The normalized spacial score (nSPS) is 20.3. The lowest BCUT2D eigenvalue weighted by molar-refractivity contribution is -0.131. The lowest BCUT2D eigenvalue weighted by Crippen LogP contribution is -2.56. The molecular weight excluding hydrogens is 438 g/mol. The number of hydrogen-bond acceptors (Lipinski definition) is 6. The molecule has 1 unspecified atom stereocenters. The van der Waals surface area contributed by atoms with E-state index in [9.17, 15) is 4.79 Å². The van der Waals surface area contributed by atoms with Crippen LogP contribution in [0.5, 0.6) is 0 Å². The highest BCUT2D eigenvalue weighted by Gasteiger charge is 2.29. The van der Waals surface area contributed by atoms with Crippen LogP contribution in [0.1, 0.15) is 11.1 Å². The lowest BCUT2D eigenvalue weighted by Gasteiger charge is -2.40. The molecule has 2 fully saturated rings. The number of rotatable bonds is 7. The fraction of sp³-hybridized carbons (Fsp3) is 0.536. The second kappa shape index (κ2) is 11.0. The van der Waals surface area contributed by atoms with Crippen molar-refractivity contribution in [2.45, 2.75) is 19.0 Å². The van der Waals surface area contributed by atoms with Crippen LogP contribution in [0.2, 0.25) is 0 Å². The van der Waals surface area contributed by atoms with Crippen molar-refractivity contribution in [1.29, 1.82) is 0 Å². The maximum Gasteiger partial charge on any atom is 0.242 e. The summed E-state index contributed by atoms with van der Waals surface area (Å²) in [6.07, 6.45) is 1.11. The van der Waals surface area contributed by atoms with Gasteiger partial charge in [0.2, 0.25) is 5.91 Å². The Hall–Kier alpha value is -2.61. The monoisotopic (exact) mass is 477 g/mol. The van der Waals surface area contributed by atoms with E-state index in [2.05, 4.69) is 87.1 Å². The van der Waals surface area contributed by atoms with Crippen molar-refractivity contribution < 1.29 is 9.53 Å². The molecule has 0 aliphatic carbocycles. The van der Waals surface area contributed by atoms with Gasteiger partial charge in [-0.25, -0.2) is 0 Å². The van der Waals surface area contributed by atoms with Crippen molar-refractivity contribution in [3.63, 3.8) is 0 Å². The van der Waals surface area contributed by atoms with E-state index in [4.69, 9.17) is 4.74 Å². The summed E-state index contributed by atoms with van der Waals surface area (Å²) >= 11 is 0. The Balaban J connectivity index is 1.18. The van der Waals surface area contributed by atoms with Crippen LogP contribution in [0.4, 0.5) is 11.4 Å². The molecule has 0 saturated carbocycles. The predicted octanol–water partition coefficient (Wildman–Crippen LogP) is 2.16. The molecule has 188 valence electrons. The highest BCUT2D eigenvalue weighted by atomic mass is 16.5. The number of anilines is 2. The number of nitrogens with zero attached hydrogens (tertiary/aromatic N) is 5. The van der Waals surface area contributed by atoms with Crippen molar-refractivity contribution in [3.05, 3.63) is 59.7 Å². The number of morpholine rings is 1. The first kappa shape index (κ1) is 24.1. The molecule has 7 nitrogen and oxygen atoms in total. The molecule has 2 saturated heterocycles. The van der Waals surface area contributed by atoms with Crippen LogP contribution in [-0.4, -0.2) is 106 Å². The molecule has 0 spiro atoms. The zero-order valence-electron chi connectivity index (χ0n) is 21.2. The smallest absolute Gasteiger partial charge is 0.242 e. The molecular formula is C28H39N5O2. The van der Waals surface area contributed by atoms with Gasteiger partial charge in [-0.05, 0) is 49.8 Å². The largest absolute Gasteiger partial charge is 0.378 e. The summed E-state index contributed by atoms with van der Waals surface area (Å²) in [6, 6.07) is 17.7. The van der Waals surface area contributed by atoms with Gasteiger partial charge in [0.25, 0.3) is 0 Å². The van der Waals surface area contributed by atoms with Crippen LogP contribution < -0.4 is 9.80 Å². The van der Waals surface area contributed by atoms with Gasteiger partial charge in [-0.2, -0.15) is 0 Å². The van der Waals surface area contributed by atoms with Gasteiger partial charge < -0.3 is 24.3 Å². The molecule has 3 aliphatic heterocycles. The van der Waals surface area contributed by atoms with Gasteiger partial charge in [0.15, 0.2) is 0 Å². The second-order valence-electron chi connectivity index (χ2n) is 10.3. The summed E-state index contributed by atoms with van der Waals surface area (Å²) in [7, 11) is 4.28. The Morgan fingerprint density at radius 3 is 2.31 bits per heavy atom. The first-order valence-electron chi connectivity index (χ1n) is 13.0. The fourth-order valence-corrected chi connectivity index (χ4v) is 5.48. The molecule has 3 aliphatic rings. The maximum atomic E-state index is 13.2. The molecule has 0 aromatic heterocycles. The van der Waals surface area contributed by atoms with Gasteiger partial charge >= 0.3 is 0 Å². The molecule has 5 rings (SSSR count). The summed E-state index contributed by atoms with van der Waals surface area (Å²) in [5.41, 5.74) is 5.28. The van der Waals surface area contributed by atoms with Crippen molar-refractivity contribution in [3.8, 4) is 0 Å². The van der Waals surface area contributed by atoms with E-state index in [1.165, 1.54) is 16.8 Å². The number of benzene rings is 2. The minimum absolute atomic E-state index is 0.226. The van der Waals surface area contributed by atoms with Crippen molar-refractivity contribution in [1.82, 2.24) is 14.7 Å². The standard InChI is InChI=1S/C28H39N5O2/c1-29(2)27(20-30-11-10-23-6-3-4-7-24(23)19-30)21-33-13-12-32(22-28(33)34)26-9-5-8-25(18-26)31-14-16-35-17-15-31/h3-9,18,27H,10-17,19-22H2,1-2H3. The summed E-state index contributed by atoms with van der Waals surface area (Å²) < 4.78 is 5.50. The van der Waals surface area contributed by atoms with Crippen LogP contribution in [0, 0.1) is 0 Å². The highest BCUT2D eigenvalue weighted by Crippen LogP contribution is 2.25. The van der Waals surface area contributed by atoms with Crippen molar-refractivity contribution >= 4 is 17.3 Å². The molecule has 35 heavy (non-hydrogen) atoms. The Morgan fingerprint density at radius 2 is 1.57 bits per heavy atom. The first-order valence-corrected chi connectivity index (χ1v) is 13.0. The fourth-order valence-electron chi connectivity index (χ4n) is 5.48. The average molecular weight is 478 g/mol. The second-order valence-corrected chi connectivity index (χ2v) is 10.3. The van der Waals surface area contributed by atoms with E-state index in [0.717, 1.165) is 77.7 Å². The predicted molar refractivity (Wildman–Crippen MR) is 141 cm³/mol. The molecule has 1 atom stereocenters. The molecule has 7 heteroatoms. The van der Waals surface area contributed by atoms with E-state index < -0.39 is 0 Å². The van der Waals surface area contributed by atoms with E-state index in [-0.39, 0.29) is 5.91 Å². The summed E-state index contributed by atoms with van der Waals surface area (Å²) in [4.78, 5) is 24.7. The number of fused-ring (bicyclic) bond motifs is 1. The summed E-state index contributed by atoms with van der Waals surface area (Å²) in [5, 5.41) is 0. The van der Waals surface area contributed by atoms with Crippen LogP contribution in [0.25, 0.3) is 0 Å². The molecule has 0 radical (unpaired) electrons. The van der Waals surface area contributed by atoms with Crippen LogP contribution in [0.15, 0.2) is 48.5 Å². The third-order valence-corrected chi connectivity index (χ3v) is 7.73. The number of ether oxygens (including phenoxy) is 1. The quantitative estimate of drug-likeness (QED) is 0.609. The zero-order valence-corrected chi connectivity index (χ0v) is 21.2. The zero-order chi connectivity index (χ0) is 24.2. The number of likely N-dealkylation sites (N-methyl/N-ethyl adjacent to an activating group) is 1.